The summed E-state index contributed by atoms with van der Waals surface area (Å²) < 4.78 is 0.715. The molecule has 2 rings (SSSR count). The quantitative estimate of drug-likeness (QED) is 0.468. The van der Waals surface area contributed by atoms with Crippen molar-refractivity contribution in [2.75, 3.05) is 11.9 Å². The van der Waals surface area contributed by atoms with Gasteiger partial charge in [0.15, 0.2) is 0 Å². The lowest BCUT2D eigenvalue weighted by Crippen LogP contribution is -2.43. The highest BCUT2D eigenvalue weighted by Gasteiger charge is 2.44. The molecule has 0 atom stereocenters. The molecule has 0 amide bonds. The number of hydrogen-bond donors (Lipinski definition) is 2. The zero-order valence-electron chi connectivity index (χ0n) is 10.1. The third kappa shape index (κ3) is 2.80. The summed E-state index contributed by atoms with van der Waals surface area (Å²) in [6, 6.07) is 4.50. The van der Waals surface area contributed by atoms with Gasteiger partial charge in [-0.2, -0.15) is 0 Å². The maximum atomic E-state index is 11.2. The number of anilines is 1. The molecule has 1 aromatic carbocycles. The van der Waals surface area contributed by atoms with Crippen molar-refractivity contribution < 1.29 is 14.8 Å². The van der Waals surface area contributed by atoms with Crippen molar-refractivity contribution in [3.63, 3.8) is 0 Å². The van der Waals surface area contributed by atoms with E-state index in [1.165, 1.54) is 12.1 Å². The van der Waals surface area contributed by atoms with Crippen molar-refractivity contribution in [3.05, 3.63) is 31.9 Å². The maximum Gasteiger partial charge on any atom is 0.311 e. The average molecular weight is 376 g/mol. The fraction of sp³-hybridized carbons (Fsp3) is 0.417. The van der Waals surface area contributed by atoms with Crippen LogP contribution in [0, 0.1) is 19.1 Å². The third-order valence-corrected chi connectivity index (χ3v) is 4.44. The van der Waals surface area contributed by atoms with E-state index < -0.39 is 16.3 Å². The molecule has 1 aliphatic carbocycles. The largest absolute Gasteiger partial charge is 0.481 e. The van der Waals surface area contributed by atoms with E-state index in [1.807, 2.05) is 22.6 Å². The van der Waals surface area contributed by atoms with Crippen molar-refractivity contribution in [1.29, 1.82) is 0 Å². The Morgan fingerprint density at radius 1 is 1.53 bits per heavy atom. The Balaban J connectivity index is 2.08. The van der Waals surface area contributed by atoms with Crippen LogP contribution in [0.4, 0.5) is 11.4 Å². The maximum absolute atomic E-state index is 11.2. The lowest BCUT2D eigenvalue weighted by atomic mass is 9.69. The van der Waals surface area contributed by atoms with Crippen LogP contribution in [-0.4, -0.2) is 22.5 Å². The summed E-state index contributed by atoms with van der Waals surface area (Å²) in [7, 11) is 0. The minimum atomic E-state index is -0.775. The molecule has 2 N–H and O–H groups in total. The van der Waals surface area contributed by atoms with Gasteiger partial charge < -0.3 is 10.4 Å². The van der Waals surface area contributed by atoms with Gasteiger partial charge in [0.05, 0.1) is 10.3 Å². The number of non-ortho nitro benzene ring substituents is 1. The van der Waals surface area contributed by atoms with Crippen LogP contribution in [0.5, 0.6) is 0 Å². The van der Waals surface area contributed by atoms with E-state index in [0.717, 1.165) is 12.1 Å². The smallest absolute Gasteiger partial charge is 0.311 e. The van der Waals surface area contributed by atoms with E-state index in [2.05, 4.69) is 5.32 Å². The van der Waals surface area contributed by atoms with Gasteiger partial charge in [-0.15, -0.1) is 0 Å². The Morgan fingerprint density at radius 3 is 2.63 bits per heavy atom. The lowest BCUT2D eigenvalue weighted by molar-refractivity contribution is -0.384. The minimum absolute atomic E-state index is 0.0338. The Kier molecular flexibility index (Phi) is 3.93. The van der Waals surface area contributed by atoms with E-state index in [0.29, 0.717) is 23.0 Å². The summed E-state index contributed by atoms with van der Waals surface area (Å²) in [5, 5.41) is 22.9. The molecular weight excluding hydrogens is 363 g/mol. The number of carboxylic acids is 1. The number of rotatable bonds is 5. The minimum Gasteiger partial charge on any atom is -0.481 e. The zero-order chi connectivity index (χ0) is 14.0. The van der Waals surface area contributed by atoms with E-state index >= 15 is 0 Å². The highest BCUT2D eigenvalue weighted by molar-refractivity contribution is 14.1. The summed E-state index contributed by atoms with van der Waals surface area (Å²) in [4.78, 5) is 21.4. The molecule has 6 nitrogen and oxygen atoms in total. The number of nitro benzene ring substituents is 1. The first-order valence-electron chi connectivity index (χ1n) is 5.86. The van der Waals surface area contributed by atoms with Gasteiger partial charge in [0.2, 0.25) is 0 Å². The Labute approximate surface area is 123 Å². The summed E-state index contributed by atoms with van der Waals surface area (Å²) >= 11 is 2.00. The van der Waals surface area contributed by atoms with E-state index in [9.17, 15) is 20.0 Å². The van der Waals surface area contributed by atoms with Gasteiger partial charge in [-0.3, -0.25) is 14.9 Å². The van der Waals surface area contributed by atoms with E-state index in [1.54, 1.807) is 6.07 Å². The van der Waals surface area contributed by atoms with Gasteiger partial charge in [-0.1, -0.05) is 6.42 Å². The fourth-order valence-electron chi connectivity index (χ4n) is 2.10. The summed E-state index contributed by atoms with van der Waals surface area (Å²) in [5.74, 6) is -0.775. The van der Waals surface area contributed by atoms with Crippen molar-refractivity contribution in [2.24, 2.45) is 5.41 Å². The predicted molar refractivity (Wildman–Crippen MR) is 78.2 cm³/mol. The van der Waals surface area contributed by atoms with E-state index in [-0.39, 0.29) is 5.69 Å². The van der Waals surface area contributed by atoms with Crippen LogP contribution >= 0.6 is 22.6 Å². The fourth-order valence-corrected chi connectivity index (χ4v) is 2.78. The van der Waals surface area contributed by atoms with Crippen LogP contribution in [0.25, 0.3) is 0 Å². The predicted octanol–water partition coefficient (Wildman–Crippen LogP) is 2.87. The number of carbonyl (C=O) groups is 1. The number of benzene rings is 1. The Hall–Kier alpha value is -1.38. The van der Waals surface area contributed by atoms with Crippen LogP contribution in [-0.2, 0) is 4.79 Å². The molecule has 0 radical (unpaired) electrons. The molecule has 102 valence electrons. The highest BCUT2D eigenvalue weighted by atomic mass is 127. The molecule has 0 unspecified atom stereocenters. The first-order valence-corrected chi connectivity index (χ1v) is 6.94. The van der Waals surface area contributed by atoms with Crippen LogP contribution in [0.3, 0.4) is 0 Å². The first-order chi connectivity index (χ1) is 8.94. The molecule has 0 spiro atoms. The normalized spacial score (nSPS) is 16.5. The summed E-state index contributed by atoms with van der Waals surface area (Å²) in [6.07, 6.45) is 2.29. The Morgan fingerprint density at radius 2 is 2.21 bits per heavy atom. The topological polar surface area (TPSA) is 92.5 Å². The number of nitro groups is 1. The second kappa shape index (κ2) is 5.32. The van der Waals surface area contributed by atoms with Crippen molar-refractivity contribution in [1.82, 2.24) is 0 Å². The van der Waals surface area contributed by atoms with Gasteiger partial charge >= 0.3 is 5.97 Å². The van der Waals surface area contributed by atoms with Gasteiger partial charge in [-0.25, -0.2) is 0 Å². The SMILES string of the molecule is O=C(O)C1(CNc2ccc([N+](=O)[O-])cc2I)CCC1. The van der Waals surface area contributed by atoms with E-state index in [4.69, 9.17) is 0 Å². The molecule has 1 aliphatic rings. The molecular formula is C12H13IN2O4. The van der Waals surface area contributed by atoms with Crippen LogP contribution in [0.1, 0.15) is 19.3 Å². The van der Waals surface area contributed by atoms with Crippen LogP contribution in [0.15, 0.2) is 18.2 Å². The third-order valence-electron chi connectivity index (χ3n) is 3.55. The molecule has 0 heterocycles. The van der Waals surface area contributed by atoms with Gasteiger partial charge in [-0.05, 0) is 41.5 Å². The number of hydrogen-bond acceptors (Lipinski definition) is 4. The number of carboxylic acid groups (broad SMARTS) is 1. The number of halogens is 1. The van der Waals surface area contributed by atoms with Crippen LogP contribution < -0.4 is 5.32 Å². The van der Waals surface area contributed by atoms with Crippen molar-refractivity contribution >= 4 is 39.9 Å². The molecule has 7 heteroatoms. The molecule has 1 aromatic rings. The summed E-state index contributed by atoms with van der Waals surface area (Å²) in [6.45, 7) is 0.357. The lowest BCUT2D eigenvalue weighted by Gasteiger charge is -2.38. The molecule has 0 aromatic heterocycles. The molecule has 0 aliphatic heterocycles. The second-order valence-electron chi connectivity index (χ2n) is 4.71. The number of nitrogens with one attached hydrogen (secondary N) is 1. The Bertz CT molecular complexity index is 528. The second-order valence-corrected chi connectivity index (χ2v) is 5.88. The van der Waals surface area contributed by atoms with Gasteiger partial charge in [0, 0.05) is 27.9 Å². The molecule has 19 heavy (non-hydrogen) atoms. The zero-order valence-corrected chi connectivity index (χ0v) is 12.2. The standard InChI is InChI=1S/C12H13IN2O4/c13-9-6-8(15(18)19)2-3-10(9)14-7-12(11(16)17)4-1-5-12/h2-3,6,14H,1,4-5,7H2,(H,16,17). The molecule has 0 bridgehead atoms. The summed E-state index contributed by atoms with van der Waals surface area (Å²) in [5.41, 5.74) is 0.0930. The molecule has 1 fully saturated rings. The van der Waals surface area contributed by atoms with Gasteiger partial charge in [0.1, 0.15) is 0 Å². The molecule has 1 saturated carbocycles. The van der Waals surface area contributed by atoms with Crippen molar-refractivity contribution in [3.8, 4) is 0 Å². The molecule has 0 saturated heterocycles. The van der Waals surface area contributed by atoms with Crippen LogP contribution in [0.2, 0.25) is 0 Å². The number of nitrogens with zero attached hydrogens (tertiary/aromatic N) is 1. The van der Waals surface area contributed by atoms with Crippen molar-refractivity contribution in [2.45, 2.75) is 19.3 Å². The monoisotopic (exact) mass is 376 g/mol. The highest BCUT2D eigenvalue weighted by Crippen LogP contribution is 2.41. The first kappa shape index (κ1) is 14.0. The average Bonchev–Trinajstić information content (AvgIpc) is 2.28. The number of aliphatic carboxylic acids is 1. The van der Waals surface area contributed by atoms with Gasteiger partial charge in [0.25, 0.3) is 5.69 Å².